The van der Waals surface area contributed by atoms with Gasteiger partial charge in [0.1, 0.15) is 23.9 Å². The first-order valence-corrected chi connectivity index (χ1v) is 18.0. The van der Waals surface area contributed by atoms with Crippen LogP contribution in [0.25, 0.3) is 6.08 Å². The Balaban J connectivity index is 1.93. The van der Waals surface area contributed by atoms with E-state index < -0.39 is 5.60 Å². The fourth-order valence-electron chi connectivity index (χ4n) is 6.16. The van der Waals surface area contributed by atoms with Gasteiger partial charge in [0.15, 0.2) is 5.60 Å². The minimum atomic E-state index is -0.632. The molecule has 0 fully saturated rings. The first-order chi connectivity index (χ1) is 22.1. The minimum absolute atomic E-state index is 0.295. The number of unbranched alkanes of at least 4 members (excludes halogenated alkanes) is 4. The summed E-state index contributed by atoms with van der Waals surface area (Å²) in [6.45, 7) is 18.0. The van der Waals surface area contributed by atoms with Crippen LogP contribution in [0.4, 0.5) is 0 Å². The molecule has 3 rings (SSSR count). The molecule has 3 nitrogen and oxygen atoms in total. The molecule has 0 saturated heterocycles. The second-order valence-electron chi connectivity index (χ2n) is 14.0. The van der Waals surface area contributed by atoms with Crippen molar-refractivity contribution in [2.24, 2.45) is 0 Å². The molecule has 46 heavy (non-hydrogen) atoms. The maximum absolute atomic E-state index is 10.9. The minimum Gasteiger partial charge on any atom is -0.507 e. The first kappa shape index (κ1) is 37.3. The van der Waals surface area contributed by atoms with E-state index in [9.17, 15) is 5.11 Å². The lowest BCUT2D eigenvalue weighted by molar-refractivity contribution is 0.0518. The lowest BCUT2D eigenvalue weighted by Crippen LogP contribution is -2.42. The van der Waals surface area contributed by atoms with Crippen molar-refractivity contribution in [3.05, 3.63) is 93.1 Å². The number of aryl methyl sites for hydroxylation is 3. The van der Waals surface area contributed by atoms with E-state index in [1.807, 2.05) is 12.1 Å². The molecule has 0 aliphatic carbocycles. The van der Waals surface area contributed by atoms with Gasteiger partial charge in [-0.25, -0.2) is 0 Å². The Morgan fingerprint density at radius 1 is 0.826 bits per heavy atom. The largest absolute Gasteiger partial charge is 0.507 e. The fourth-order valence-corrected chi connectivity index (χ4v) is 6.16. The zero-order valence-electron chi connectivity index (χ0n) is 30.4. The van der Waals surface area contributed by atoms with Gasteiger partial charge in [0.2, 0.25) is 0 Å². The van der Waals surface area contributed by atoms with E-state index in [1.54, 1.807) is 0 Å². The van der Waals surface area contributed by atoms with Gasteiger partial charge in [-0.3, -0.25) is 0 Å². The van der Waals surface area contributed by atoms with Crippen LogP contribution in [0.15, 0.2) is 65.3 Å². The molecule has 0 spiro atoms. The monoisotopic (exact) mass is 626 g/mol. The molecular weight excluding hydrogens is 564 g/mol. The van der Waals surface area contributed by atoms with Crippen molar-refractivity contribution >= 4 is 6.08 Å². The highest BCUT2D eigenvalue weighted by Gasteiger charge is 2.35. The van der Waals surface area contributed by atoms with Crippen molar-refractivity contribution in [1.82, 2.24) is 0 Å². The van der Waals surface area contributed by atoms with Crippen LogP contribution in [0.1, 0.15) is 140 Å². The first-order valence-electron chi connectivity index (χ1n) is 18.0. The summed E-state index contributed by atoms with van der Waals surface area (Å²) in [6, 6.07) is 8.69. The van der Waals surface area contributed by atoms with Gasteiger partial charge in [-0.2, -0.15) is 0 Å². The maximum Gasteiger partial charge on any atom is 0.161 e. The average molecular weight is 627 g/mol. The summed E-state index contributed by atoms with van der Waals surface area (Å²) in [7, 11) is 0. The molecule has 0 saturated carbocycles. The number of hydrogen-bond donors (Lipinski definition) is 1. The molecule has 1 aliphatic rings. The van der Waals surface area contributed by atoms with E-state index in [2.05, 4.69) is 97.9 Å². The van der Waals surface area contributed by atoms with Crippen molar-refractivity contribution < 1.29 is 14.6 Å². The van der Waals surface area contributed by atoms with Gasteiger partial charge < -0.3 is 14.6 Å². The van der Waals surface area contributed by atoms with Gasteiger partial charge in [0, 0.05) is 5.56 Å². The number of hydrogen-bond acceptors (Lipinski definition) is 3. The molecular formula is C43H62O3. The van der Waals surface area contributed by atoms with Gasteiger partial charge in [0.25, 0.3) is 0 Å². The molecule has 0 aromatic heterocycles. The van der Waals surface area contributed by atoms with Crippen molar-refractivity contribution in [1.29, 1.82) is 0 Å². The summed E-state index contributed by atoms with van der Waals surface area (Å²) in [4.78, 5) is 0. The van der Waals surface area contributed by atoms with Crippen LogP contribution in [0.5, 0.6) is 17.2 Å². The summed E-state index contributed by atoms with van der Waals surface area (Å²) >= 11 is 0. The highest BCUT2D eigenvalue weighted by atomic mass is 16.5. The zero-order valence-corrected chi connectivity index (χ0v) is 30.4. The molecule has 0 amide bonds. The average Bonchev–Trinajstić information content (AvgIpc) is 2.99. The molecule has 1 unspecified atom stereocenters. The van der Waals surface area contributed by atoms with Gasteiger partial charge in [0.05, 0.1) is 5.56 Å². The molecule has 252 valence electrons. The predicted molar refractivity (Wildman–Crippen MR) is 198 cm³/mol. The quantitative estimate of drug-likeness (QED) is 0.125. The van der Waals surface area contributed by atoms with Crippen molar-refractivity contribution in [3.63, 3.8) is 0 Å². The Kier molecular flexibility index (Phi) is 15.2. The van der Waals surface area contributed by atoms with Crippen LogP contribution >= 0.6 is 0 Å². The number of allylic oxidation sites excluding steroid dienone is 6. The third-order valence-electron chi connectivity index (χ3n) is 9.01. The normalized spacial score (nSPS) is 15.7. The summed E-state index contributed by atoms with van der Waals surface area (Å²) in [6.07, 6.45) is 25.0. The van der Waals surface area contributed by atoms with Crippen molar-refractivity contribution in [2.75, 3.05) is 6.61 Å². The topological polar surface area (TPSA) is 38.7 Å². The van der Waals surface area contributed by atoms with Gasteiger partial charge in [-0.15, -0.1) is 0 Å². The zero-order chi connectivity index (χ0) is 33.5. The molecule has 2 aromatic rings. The number of aromatic hydroxyl groups is 1. The number of benzene rings is 2. The lowest BCUT2D eigenvalue weighted by atomic mass is 9.92. The Hall–Kier alpha value is -3.20. The van der Waals surface area contributed by atoms with E-state index in [-0.39, 0.29) is 0 Å². The molecule has 3 heteroatoms. The third-order valence-corrected chi connectivity index (χ3v) is 9.01. The summed E-state index contributed by atoms with van der Waals surface area (Å²) < 4.78 is 13.7. The summed E-state index contributed by atoms with van der Waals surface area (Å²) in [5.41, 5.74) is 9.26. The molecule has 0 radical (unpaired) electrons. The smallest absolute Gasteiger partial charge is 0.161 e. The predicted octanol–water partition coefficient (Wildman–Crippen LogP) is 12.4. The van der Waals surface area contributed by atoms with Crippen LogP contribution in [-0.2, 0) is 19.3 Å². The van der Waals surface area contributed by atoms with Crippen LogP contribution in [0.3, 0.4) is 0 Å². The summed E-state index contributed by atoms with van der Waals surface area (Å²) in [5.74, 6) is 2.03. The van der Waals surface area contributed by atoms with Crippen molar-refractivity contribution in [3.8, 4) is 17.2 Å². The number of phenolic OH excluding ortho intramolecular Hbond substituents is 1. The second kappa shape index (κ2) is 18.8. The van der Waals surface area contributed by atoms with Gasteiger partial charge >= 0.3 is 0 Å². The van der Waals surface area contributed by atoms with Crippen LogP contribution in [0.2, 0.25) is 0 Å². The SMILES string of the molecule is CCCCCc1cc(O)c2c(c1)OC(CCC=C(C)C)(COc1cc(CCCCC)cc(C)c1C/C=C(\C)CCC=C(C)C)C=C2. The number of fused-ring (bicyclic) bond motifs is 1. The summed E-state index contributed by atoms with van der Waals surface area (Å²) in [5, 5.41) is 10.9. The van der Waals surface area contributed by atoms with Gasteiger partial charge in [-0.1, -0.05) is 80.5 Å². The molecule has 2 aromatic carbocycles. The number of ether oxygens (including phenoxy) is 2. The number of rotatable bonds is 19. The Morgan fingerprint density at radius 3 is 2.13 bits per heavy atom. The third kappa shape index (κ3) is 11.9. The van der Waals surface area contributed by atoms with Crippen LogP contribution < -0.4 is 9.47 Å². The van der Waals surface area contributed by atoms with E-state index in [4.69, 9.17) is 9.47 Å². The van der Waals surface area contributed by atoms with Gasteiger partial charge in [-0.05, 0) is 146 Å². The molecule has 1 N–H and O–H groups in total. The lowest BCUT2D eigenvalue weighted by Gasteiger charge is -2.35. The second-order valence-corrected chi connectivity index (χ2v) is 14.0. The Bertz CT molecular complexity index is 1380. The Labute approximate surface area is 281 Å². The van der Waals surface area contributed by atoms with Crippen LogP contribution in [0, 0.1) is 6.92 Å². The number of phenols is 1. The van der Waals surface area contributed by atoms with E-state index in [0.29, 0.717) is 12.4 Å². The highest BCUT2D eigenvalue weighted by molar-refractivity contribution is 5.68. The molecule has 1 atom stereocenters. The van der Waals surface area contributed by atoms with Crippen molar-refractivity contribution in [2.45, 2.75) is 144 Å². The Morgan fingerprint density at radius 2 is 1.48 bits per heavy atom. The van der Waals surface area contributed by atoms with E-state index >= 15 is 0 Å². The molecule has 1 heterocycles. The molecule has 0 bridgehead atoms. The maximum atomic E-state index is 10.9. The molecule has 1 aliphatic heterocycles. The van der Waals surface area contributed by atoms with E-state index in [0.717, 1.165) is 74.0 Å². The van der Waals surface area contributed by atoms with E-state index in [1.165, 1.54) is 65.5 Å². The van der Waals surface area contributed by atoms with Crippen LogP contribution in [-0.4, -0.2) is 17.3 Å². The fraction of sp³-hybridized carbons (Fsp3) is 0.535. The standard InChI is InChI=1S/C43H62O3/c1-9-11-13-20-36-27-35(8)38(23-22-34(7)19-15-17-32(3)4)41(29-36)45-31-43(25-16-18-33(5)6)26-24-39-40(44)28-37(21-14-12-10-2)30-42(39)46-43/h17-18,22,24,26-30,44H,9-16,19-21,23,25,31H2,1-8H3/b34-22+. The highest BCUT2D eigenvalue weighted by Crippen LogP contribution is 2.40.